The highest BCUT2D eigenvalue weighted by atomic mass is 16.4. The number of rotatable bonds is 8. The van der Waals surface area contributed by atoms with E-state index in [1.807, 2.05) is 6.92 Å². The largest absolute Gasteiger partial charge is 0.480 e. The third-order valence-corrected chi connectivity index (χ3v) is 3.70. The fraction of sp³-hybridized carbons (Fsp3) is 0.438. The number of hydrogen-bond acceptors (Lipinski definition) is 4. The van der Waals surface area contributed by atoms with E-state index in [1.54, 1.807) is 24.3 Å². The van der Waals surface area contributed by atoms with Crippen molar-refractivity contribution in [3.05, 3.63) is 35.4 Å². The summed E-state index contributed by atoms with van der Waals surface area (Å²) in [5.74, 6) is -1.42. The normalized spacial score (nSPS) is 15.0. The van der Waals surface area contributed by atoms with Gasteiger partial charge in [-0.05, 0) is 31.5 Å². The summed E-state index contributed by atoms with van der Waals surface area (Å²) in [6.07, 6.45) is 1.86. The van der Waals surface area contributed by atoms with E-state index in [-0.39, 0.29) is 18.4 Å². The summed E-state index contributed by atoms with van der Waals surface area (Å²) >= 11 is 0. The highest BCUT2D eigenvalue weighted by molar-refractivity contribution is 6.21. The van der Waals surface area contributed by atoms with Crippen molar-refractivity contribution in [2.75, 3.05) is 13.1 Å². The van der Waals surface area contributed by atoms with Crippen molar-refractivity contribution in [2.45, 2.75) is 32.2 Å². The number of fused-ring (bicyclic) bond motifs is 1. The summed E-state index contributed by atoms with van der Waals surface area (Å²) in [6, 6.07) is 6.19. The van der Waals surface area contributed by atoms with Gasteiger partial charge in [0.1, 0.15) is 6.04 Å². The summed E-state index contributed by atoms with van der Waals surface area (Å²) in [5, 5.41) is 12.0. The fourth-order valence-corrected chi connectivity index (χ4v) is 2.56. The second kappa shape index (κ2) is 7.17. The molecule has 1 aromatic carbocycles. The van der Waals surface area contributed by atoms with Crippen LogP contribution in [0.3, 0.4) is 0 Å². The minimum Gasteiger partial charge on any atom is -0.480 e. The lowest BCUT2D eigenvalue weighted by Crippen LogP contribution is -2.39. The van der Waals surface area contributed by atoms with Crippen LogP contribution in [0.1, 0.15) is 46.9 Å². The standard InChI is InChI=1S/C16H20N2O4/c1-2-6-13(16(21)22)17-9-5-10-18-14(19)11-7-3-4-8-12(11)15(18)20/h3-4,7-8,13,17H,2,5-6,9-10H2,1H3,(H,21,22). The number of aliphatic carboxylic acids is 1. The average Bonchev–Trinajstić information content (AvgIpc) is 2.75. The maximum absolute atomic E-state index is 12.1. The molecule has 2 rings (SSSR count). The van der Waals surface area contributed by atoms with Crippen LogP contribution in [0.15, 0.2) is 24.3 Å². The first-order valence-corrected chi connectivity index (χ1v) is 7.47. The van der Waals surface area contributed by atoms with Gasteiger partial charge in [-0.15, -0.1) is 0 Å². The van der Waals surface area contributed by atoms with Crippen LogP contribution in [-0.2, 0) is 4.79 Å². The third kappa shape index (κ3) is 3.33. The first-order valence-electron chi connectivity index (χ1n) is 7.47. The number of carbonyl (C=O) groups is 3. The summed E-state index contributed by atoms with van der Waals surface area (Å²) in [4.78, 5) is 36.5. The lowest BCUT2D eigenvalue weighted by Gasteiger charge is -2.16. The van der Waals surface area contributed by atoms with Crippen LogP contribution >= 0.6 is 0 Å². The van der Waals surface area contributed by atoms with Gasteiger partial charge in [-0.2, -0.15) is 0 Å². The van der Waals surface area contributed by atoms with Crippen molar-refractivity contribution in [3.63, 3.8) is 0 Å². The lowest BCUT2D eigenvalue weighted by atomic mass is 10.1. The van der Waals surface area contributed by atoms with Crippen LogP contribution in [-0.4, -0.2) is 46.9 Å². The predicted octanol–water partition coefficient (Wildman–Crippen LogP) is 1.52. The molecule has 0 spiro atoms. The number of imide groups is 1. The zero-order chi connectivity index (χ0) is 16.1. The first kappa shape index (κ1) is 16.2. The van der Waals surface area contributed by atoms with Crippen LogP contribution in [0.5, 0.6) is 0 Å². The Balaban J connectivity index is 1.85. The van der Waals surface area contributed by atoms with E-state index < -0.39 is 12.0 Å². The quantitative estimate of drug-likeness (QED) is 0.561. The topological polar surface area (TPSA) is 86.7 Å². The number of hydrogen-bond donors (Lipinski definition) is 2. The van der Waals surface area contributed by atoms with Crippen LogP contribution in [0, 0.1) is 0 Å². The zero-order valence-electron chi connectivity index (χ0n) is 12.5. The molecule has 2 N–H and O–H groups in total. The number of amides is 2. The number of carboxylic acid groups (broad SMARTS) is 1. The molecule has 6 nitrogen and oxygen atoms in total. The van der Waals surface area contributed by atoms with Crippen LogP contribution < -0.4 is 5.32 Å². The van der Waals surface area contributed by atoms with Gasteiger partial charge in [-0.1, -0.05) is 25.5 Å². The molecule has 1 atom stereocenters. The summed E-state index contributed by atoms with van der Waals surface area (Å²) in [5.41, 5.74) is 0.879. The van der Waals surface area contributed by atoms with Gasteiger partial charge in [-0.25, -0.2) is 0 Å². The van der Waals surface area contributed by atoms with Gasteiger partial charge in [0.15, 0.2) is 0 Å². The summed E-state index contributed by atoms with van der Waals surface area (Å²) in [7, 11) is 0. The van der Waals surface area contributed by atoms with Gasteiger partial charge in [0.25, 0.3) is 11.8 Å². The van der Waals surface area contributed by atoms with Gasteiger partial charge in [0.05, 0.1) is 11.1 Å². The van der Waals surface area contributed by atoms with Crippen LogP contribution in [0.2, 0.25) is 0 Å². The first-order chi connectivity index (χ1) is 10.6. The Hall–Kier alpha value is -2.21. The Morgan fingerprint density at radius 3 is 2.32 bits per heavy atom. The zero-order valence-corrected chi connectivity index (χ0v) is 12.5. The molecule has 0 aliphatic carbocycles. The van der Waals surface area contributed by atoms with Gasteiger partial charge in [0, 0.05) is 6.54 Å². The Kier molecular flexibility index (Phi) is 5.27. The van der Waals surface area contributed by atoms with E-state index in [1.165, 1.54) is 4.90 Å². The molecule has 1 aliphatic rings. The maximum atomic E-state index is 12.1. The molecule has 0 fully saturated rings. The minimum absolute atomic E-state index is 0.274. The summed E-state index contributed by atoms with van der Waals surface area (Å²) < 4.78 is 0. The molecule has 1 aromatic rings. The number of benzene rings is 1. The third-order valence-electron chi connectivity index (χ3n) is 3.70. The second-order valence-corrected chi connectivity index (χ2v) is 5.29. The molecule has 6 heteroatoms. The highest BCUT2D eigenvalue weighted by Crippen LogP contribution is 2.22. The minimum atomic E-state index is -0.873. The van der Waals surface area contributed by atoms with Gasteiger partial charge >= 0.3 is 5.97 Å². The second-order valence-electron chi connectivity index (χ2n) is 5.29. The van der Waals surface area contributed by atoms with Crippen molar-refractivity contribution >= 4 is 17.8 Å². The Bertz CT molecular complexity index is 550. The molecule has 0 radical (unpaired) electrons. The van der Waals surface area contributed by atoms with Crippen molar-refractivity contribution in [1.29, 1.82) is 0 Å². The Morgan fingerprint density at radius 2 is 1.82 bits per heavy atom. The number of carboxylic acids is 1. The Morgan fingerprint density at radius 1 is 1.23 bits per heavy atom. The van der Waals surface area contributed by atoms with E-state index >= 15 is 0 Å². The van der Waals surface area contributed by atoms with Crippen LogP contribution in [0.4, 0.5) is 0 Å². The molecular weight excluding hydrogens is 284 g/mol. The van der Waals surface area contributed by atoms with Crippen molar-refractivity contribution < 1.29 is 19.5 Å². The smallest absolute Gasteiger partial charge is 0.320 e. The van der Waals surface area contributed by atoms with E-state index in [0.29, 0.717) is 30.5 Å². The molecule has 0 saturated carbocycles. The molecule has 0 saturated heterocycles. The SMILES string of the molecule is CCCC(NCCCN1C(=O)c2ccccc2C1=O)C(=O)O. The Labute approximate surface area is 129 Å². The van der Waals surface area contributed by atoms with Crippen molar-refractivity contribution in [3.8, 4) is 0 Å². The predicted molar refractivity (Wildman–Crippen MR) is 80.8 cm³/mol. The van der Waals surface area contributed by atoms with Gasteiger partial charge < -0.3 is 10.4 Å². The molecule has 118 valence electrons. The molecule has 1 unspecified atom stereocenters. The number of carbonyl (C=O) groups excluding carboxylic acids is 2. The molecule has 2 amide bonds. The van der Waals surface area contributed by atoms with E-state index in [4.69, 9.17) is 5.11 Å². The molecule has 22 heavy (non-hydrogen) atoms. The van der Waals surface area contributed by atoms with Crippen molar-refractivity contribution in [2.24, 2.45) is 0 Å². The van der Waals surface area contributed by atoms with Crippen LogP contribution in [0.25, 0.3) is 0 Å². The van der Waals surface area contributed by atoms with Gasteiger partial charge in [-0.3, -0.25) is 19.3 Å². The number of nitrogens with zero attached hydrogens (tertiary/aromatic N) is 1. The highest BCUT2D eigenvalue weighted by Gasteiger charge is 2.34. The molecule has 1 aliphatic heterocycles. The van der Waals surface area contributed by atoms with E-state index in [2.05, 4.69) is 5.32 Å². The van der Waals surface area contributed by atoms with Gasteiger partial charge in [0.2, 0.25) is 0 Å². The molecule has 0 bridgehead atoms. The van der Waals surface area contributed by atoms with E-state index in [0.717, 1.165) is 6.42 Å². The summed E-state index contributed by atoms with van der Waals surface area (Å²) in [6.45, 7) is 2.67. The molecule has 1 heterocycles. The maximum Gasteiger partial charge on any atom is 0.320 e. The average molecular weight is 304 g/mol. The lowest BCUT2D eigenvalue weighted by molar-refractivity contribution is -0.139. The molecular formula is C16H20N2O4. The number of nitrogens with one attached hydrogen (secondary N) is 1. The fourth-order valence-electron chi connectivity index (χ4n) is 2.56. The monoisotopic (exact) mass is 304 g/mol. The molecule has 0 aromatic heterocycles. The van der Waals surface area contributed by atoms with Crippen molar-refractivity contribution in [1.82, 2.24) is 10.2 Å². The van der Waals surface area contributed by atoms with E-state index in [9.17, 15) is 14.4 Å².